The summed E-state index contributed by atoms with van der Waals surface area (Å²) < 4.78 is 43.7. The second-order valence-corrected chi connectivity index (χ2v) is 8.53. The van der Waals surface area contributed by atoms with Gasteiger partial charge in [-0.2, -0.15) is 13.2 Å². The average Bonchev–Trinajstić information content (AvgIpc) is 3.19. The van der Waals surface area contributed by atoms with Crippen LogP contribution < -0.4 is 10.1 Å². The van der Waals surface area contributed by atoms with Gasteiger partial charge in [0, 0.05) is 34.9 Å². The number of halogens is 3. The molecule has 0 saturated heterocycles. The van der Waals surface area contributed by atoms with Crippen LogP contribution in [0.5, 0.6) is 5.06 Å². The highest BCUT2D eigenvalue weighted by Gasteiger charge is 2.45. The Bertz CT molecular complexity index is 1040. The number of rotatable bonds is 6. The Kier molecular flexibility index (Phi) is 5.06. The van der Waals surface area contributed by atoms with Crippen LogP contribution >= 0.6 is 11.3 Å². The first-order valence-corrected chi connectivity index (χ1v) is 10.2. The quantitative estimate of drug-likeness (QED) is 0.596. The molecule has 2 aromatic heterocycles. The van der Waals surface area contributed by atoms with E-state index in [1.165, 1.54) is 17.0 Å². The van der Waals surface area contributed by atoms with Crippen molar-refractivity contribution in [1.29, 1.82) is 0 Å². The van der Waals surface area contributed by atoms with Crippen LogP contribution in [0.2, 0.25) is 0 Å². The van der Waals surface area contributed by atoms with Crippen molar-refractivity contribution in [2.75, 3.05) is 6.61 Å². The molecule has 0 radical (unpaired) electrons. The van der Waals surface area contributed by atoms with Gasteiger partial charge >= 0.3 is 6.18 Å². The second kappa shape index (κ2) is 7.40. The van der Waals surface area contributed by atoms with E-state index in [1.54, 1.807) is 6.07 Å². The van der Waals surface area contributed by atoms with Crippen molar-refractivity contribution < 1.29 is 22.7 Å². The number of aromatic nitrogens is 1. The molecule has 29 heavy (non-hydrogen) atoms. The van der Waals surface area contributed by atoms with Crippen LogP contribution in [0.25, 0.3) is 10.9 Å². The van der Waals surface area contributed by atoms with E-state index in [1.807, 2.05) is 26.1 Å². The average molecular weight is 422 g/mol. The van der Waals surface area contributed by atoms with Crippen molar-refractivity contribution in [2.45, 2.75) is 31.5 Å². The zero-order valence-electron chi connectivity index (χ0n) is 16.0. The van der Waals surface area contributed by atoms with Gasteiger partial charge in [0.05, 0.1) is 6.04 Å². The van der Waals surface area contributed by atoms with Crippen molar-refractivity contribution in [3.8, 4) is 5.06 Å². The number of benzene rings is 1. The number of nitrogens with zero attached hydrogens (tertiary/aromatic N) is 1. The van der Waals surface area contributed by atoms with Gasteiger partial charge in [-0.05, 0) is 43.0 Å². The Morgan fingerprint density at radius 3 is 2.83 bits per heavy atom. The monoisotopic (exact) mass is 422 g/mol. The summed E-state index contributed by atoms with van der Waals surface area (Å²) in [5.74, 6) is 0.0908. The fourth-order valence-corrected chi connectivity index (χ4v) is 4.54. The number of para-hydroxylation sites is 1. The third-order valence-corrected chi connectivity index (χ3v) is 6.40. The van der Waals surface area contributed by atoms with E-state index >= 15 is 0 Å². The molecule has 1 aliphatic carbocycles. The van der Waals surface area contributed by atoms with Crippen LogP contribution in [0.15, 0.2) is 42.6 Å². The summed E-state index contributed by atoms with van der Waals surface area (Å²) >= 11 is 1.12. The number of hydrogen-bond acceptors (Lipinski definition) is 3. The van der Waals surface area contributed by atoms with Crippen molar-refractivity contribution in [2.24, 2.45) is 13.0 Å². The van der Waals surface area contributed by atoms with Gasteiger partial charge in [-0.15, -0.1) is 11.3 Å². The lowest BCUT2D eigenvalue weighted by molar-refractivity contribution is -0.152. The van der Waals surface area contributed by atoms with E-state index in [4.69, 9.17) is 4.74 Å². The molecule has 2 heterocycles. The van der Waals surface area contributed by atoms with E-state index in [0.717, 1.165) is 28.2 Å². The number of thiophene rings is 1. The highest BCUT2D eigenvalue weighted by molar-refractivity contribution is 7.13. The van der Waals surface area contributed by atoms with Crippen LogP contribution in [-0.4, -0.2) is 23.3 Å². The largest absolute Gasteiger partial charge is 0.475 e. The molecular weight excluding hydrogens is 401 g/mol. The Morgan fingerprint density at radius 2 is 2.07 bits per heavy atom. The molecule has 4 nitrogen and oxygen atoms in total. The van der Waals surface area contributed by atoms with Crippen LogP contribution in [0, 0.1) is 5.92 Å². The van der Waals surface area contributed by atoms with Crippen LogP contribution in [0.3, 0.4) is 0 Å². The third kappa shape index (κ3) is 4.27. The fraction of sp³-hybridized carbons (Fsp3) is 0.381. The number of carbonyl (C=O) groups is 1. The molecular formula is C21H21F3N2O2S. The minimum atomic E-state index is -4.37. The molecule has 0 aliphatic heterocycles. The first-order chi connectivity index (χ1) is 13.7. The summed E-state index contributed by atoms with van der Waals surface area (Å²) in [4.78, 5) is 13.4. The standard InChI is InChI=1S/C21H21F3N2O2S/c1-12(18-7-8-19(29-18)28-11-21(22,23)24)25-20(27)15-9-14(15)16-10-26(2)17-6-4-3-5-13(16)17/h3-8,10,12,14-15H,9,11H2,1-2H3,(H,25,27)/t12-,14+,15+/m1/s1. The normalized spacial score (nSPS) is 19.9. The van der Waals surface area contributed by atoms with Gasteiger partial charge in [-0.1, -0.05) is 18.2 Å². The predicted octanol–water partition coefficient (Wildman–Crippen LogP) is 5.16. The molecule has 1 amide bonds. The Morgan fingerprint density at radius 1 is 1.31 bits per heavy atom. The summed E-state index contributed by atoms with van der Waals surface area (Å²) in [6, 6.07) is 11.0. The van der Waals surface area contributed by atoms with Gasteiger partial charge in [0.25, 0.3) is 0 Å². The smallest absolute Gasteiger partial charge is 0.422 e. The lowest BCUT2D eigenvalue weighted by atomic mass is 10.1. The summed E-state index contributed by atoms with van der Waals surface area (Å²) in [6.45, 7) is 0.509. The highest BCUT2D eigenvalue weighted by atomic mass is 32.1. The lowest BCUT2D eigenvalue weighted by Gasteiger charge is -2.12. The lowest BCUT2D eigenvalue weighted by Crippen LogP contribution is -2.27. The number of carbonyl (C=O) groups excluding carboxylic acids is 1. The van der Waals surface area contributed by atoms with Gasteiger partial charge in [0.1, 0.15) is 0 Å². The highest BCUT2D eigenvalue weighted by Crippen LogP contribution is 2.50. The Balaban J connectivity index is 1.37. The number of fused-ring (bicyclic) bond motifs is 1. The minimum absolute atomic E-state index is 0.0263. The fourth-order valence-electron chi connectivity index (χ4n) is 3.69. The van der Waals surface area contributed by atoms with Gasteiger partial charge in [-0.25, -0.2) is 0 Å². The van der Waals surface area contributed by atoms with Gasteiger partial charge < -0.3 is 14.6 Å². The first kappa shape index (κ1) is 19.8. The molecule has 1 fully saturated rings. The van der Waals surface area contributed by atoms with Gasteiger partial charge in [0.2, 0.25) is 5.91 Å². The predicted molar refractivity (Wildman–Crippen MR) is 106 cm³/mol. The molecule has 154 valence electrons. The number of hydrogen-bond donors (Lipinski definition) is 1. The molecule has 1 aliphatic rings. The van der Waals surface area contributed by atoms with E-state index in [2.05, 4.69) is 28.2 Å². The molecule has 4 rings (SSSR count). The number of ether oxygens (including phenoxy) is 1. The molecule has 3 aromatic rings. The van der Waals surface area contributed by atoms with Crippen molar-refractivity contribution >= 4 is 28.1 Å². The summed E-state index contributed by atoms with van der Waals surface area (Å²) in [5, 5.41) is 4.35. The zero-order valence-corrected chi connectivity index (χ0v) is 16.8. The van der Waals surface area contributed by atoms with Crippen molar-refractivity contribution in [3.05, 3.63) is 53.0 Å². The van der Waals surface area contributed by atoms with Crippen LogP contribution in [0.1, 0.15) is 35.7 Å². The van der Waals surface area contributed by atoms with Crippen molar-refractivity contribution in [3.63, 3.8) is 0 Å². The molecule has 0 spiro atoms. The van der Waals surface area contributed by atoms with Crippen molar-refractivity contribution in [1.82, 2.24) is 9.88 Å². The Labute approximate surface area is 170 Å². The number of aryl methyl sites for hydroxylation is 1. The van der Waals surface area contributed by atoms with E-state index in [9.17, 15) is 18.0 Å². The van der Waals surface area contributed by atoms with E-state index in [0.29, 0.717) is 0 Å². The van der Waals surface area contributed by atoms with Gasteiger partial charge in [-0.3, -0.25) is 4.79 Å². The summed E-state index contributed by atoms with van der Waals surface area (Å²) in [6.07, 6.45) is -1.47. The molecule has 0 unspecified atom stereocenters. The number of nitrogens with one attached hydrogen (secondary N) is 1. The molecule has 0 bridgehead atoms. The molecule has 1 aromatic carbocycles. The third-order valence-electron chi connectivity index (χ3n) is 5.22. The van der Waals surface area contributed by atoms with E-state index < -0.39 is 12.8 Å². The molecule has 3 atom stereocenters. The van der Waals surface area contributed by atoms with Crippen LogP contribution in [-0.2, 0) is 11.8 Å². The maximum Gasteiger partial charge on any atom is 0.422 e. The zero-order chi connectivity index (χ0) is 20.8. The number of alkyl halides is 3. The summed E-state index contributed by atoms with van der Waals surface area (Å²) in [7, 11) is 2.00. The Hall–Kier alpha value is -2.48. The van der Waals surface area contributed by atoms with Gasteiger partial charge in [0.15, 0.2) is 11.7 Å². The second-order valence-electron chi connectivity index (χ2n) is 7.45. The minimum Gasteiger partial charge on any atom is -0.475 e. The topological polar surface area (TPSA) is 43.3 Å². The SMILES string of the molecule is C[C@@H](NC(=O)[C@H]1C[C@@H]1c1cn(C)c2ccccc12)c1ccc(OCC(F)(F)F)s1. The molecule has 1 saturated carbocycles. The maximum absolute atomic E-state index is 12.7. The maximum atomic E-state index is 12.7. The van der Waals surface area contributed by atoms with Crippen LogP contribution in [0.4, 0.5) is 13.2 Å². The summed E-state index contributed by atoms with van der Waals surface area (Å²) in [5.41, 5.74) is 2.33. The molecule has 1 N–H and O–H groups in total. The number of amides is 1. The molecule has 8 heteroatoms. The first-order valence-electron chi connectivity index (χ1n) is 9.36. The van der Waals surface area contributed by atoms with E-state index in [-0.39, 0.29) is 28.8 Å².